The summed E-state index contributed by atoms with van der Waals surface area (Å²) in [4.78, 5) is 0. The molecule has 0 fully saturated rings. The number of nitrogens with zero attached hydrogens (tertiary/aromatic N) is 2. The van der Waals surface area contributed by atoms with Crippen molar-refractivity contribution in [3.05, 3.63) is 0 Å². The van der Waals surface area contributed by atoms with Gasteiger partial charge in [0.25, 0.3) is 0 Å². The lowest BCUT2D eigenvalue weighted by atomic mass is 10.1. The SMILES string of the molecule is CCCC(N(F)F)C(O)(O)N(F)F. The van der Waals surface area contributed by atoms with Gasteiger partial charge in [-0.3, -0.25) is 0 Å². The Morgan fingerprint density at radius 2 is 1.69 bits per heavy atom. The van der Waals surface area contributed by atoms with E-state index in [1.54, 1.807) is 0 Å². The van der Waals surface area contributed by atoms with Gasteiger partial charge in [0, 0.05) is 5.34 Å². The van der Waals surface area contributed by atoms with Gasteiger partial charge >= 0.3 is 5.91 Å². The lowest BCUT2D eigenvalue weighted by molar-refractivity contribution is -0.437. The number of aliphatic hydroxyl groups is 2. The van der Waals surface area contributed by atoms with E-state index < -0.39 is 29.1 Å². The molecule has 0 aromatic rings. The normalized spacial score (nSPS) is 15.5. The summed E-state index contributed by atoms with van der Waals surface area (Å²) in [5, 5.41) is 13.4. The molecular formula is C5H10F4N2O2. The molecule has 0 aromatic carbocycles. The molecule has 0 rings (SSSR count). The molecule has 0 bridgehead atoms. The Morgan fingerprint density at radius 1 is 1.23 bits per heavy atom. The van der Waals surface area contributed by atoms with Crippen molar-refractivity contribution < 1.29 is 28.1 Å². The Bertz CT molecular complexity index is 155. The van der Waals surface area contributed by atoms with Crippen LogP contribution >= 0.6 is 0 Å². The molecule has 80 valence electrons. The minimum Gasteiger partial charge on any atom is -0.348 e. The van der Waals surface area contributed by atoms with Crippen molar-refractivity contribution >= 4 is 0 Å². The van der Waals surface area contributed by atoms with E-state index in [0.717, 1.165) is 0 Å². The summed E-state index contributed by atoms with van der Waals surface area (Å²) >= 11 is 0. The predicted molar refractivity (Wildman–Crippen MR) is 34.0 cm³/mol. The van der Waals surface area contributed by atoms with Gasteiger partial charge in [-0.05, 0) is 6.42 Å². The van der Waals surface area contributed by atoms with Gasteiger partial charge in [0.15, 0.2) is 0 Å². The highest BCUT2D eigenvalue weighted by Crippen LogP contribution is 2.24. The van der Waals surface area contributed by atoms with Crippen LogP contribution in [0.15, 0.2) is 0 Å². The fraction of sp³-hybridized carbons (Fsp3) is 1.00. The first-order valence-corrected chi connectivity index (χ1v) is 3.51. The van der Waals surface area contributed by atoms with Gasteiger partial charge < -0.3 is 10.2 Å². The van der Waals surface area contributed by atoms with Crippen LogP contribution in [0.5, 0.6) is 0 Å². The zero-order valence-corrected chi connectivity index (χ0v) is 6.79. The van der Waals surface area contributed by atoms with Crippen LogP contribution in [0.4, 0.5) is 17.9 Å². The van der Waals surface area contributed by atoms with Crippen molar-refractivity contribution in [2.24, 2.45) is 0 Å². The summed E-state index contributed by atoms with van der Waals surface area (Å²) in [6.07, 6.45) is -0.351. The molecule has 2 N–H and O–H groups in total. The van der Waals surface area contributed by atoms with Crippen LogP contribution in [-0.2, 0) is 0 Å². The highest BCUT2D eigenvalue weighted by molar-refractivity contribution is 4.73. The summed E-state index contributed by atoms with van der Waals surface area (Å²) in [6.45, 7) is 1.45. The molecular weight excluding hydrogens is 196 g/mol. The topological polar surface area (TPSA) is 46.9 Å². The summed E-state index contributed by atoms with van der Waals surface area (Å²) in [7, 11) is 0. The van der Waals surface area contributed by atoms with Crippen LogP contribution in [0.1, 0.15) is 19.8 Å². The fourth-order valence-corrected chi connectivity index (χ4v) is 0.808. The van der Waals surface area contributed by atoms with Crippen LogP contribution in [0.25, 0.3) is 0 Å². The summed E-state index contributed by atoms with van der Waals surface area (Å²) < 4.78 is 47.2. The Labute approximate surface area is 71.7 Å². The zero-order chi connectivity index (χ0) is 10.6. The maximum absolute atomic E-state index is 11.9. The summed E-state index contributed by atoms with van der Waals surface area (Å²) in [5.41, 5.74) is 0. The molecule has 0 aromatic heterocycles. The van der Waals surface area contributed by atoms with Gasteiger partial charge in [-0.25, -0.2) is 0 Å². The average molecular weight is 206 g/mol. The van der Waals surface area contributed by atoms with Gasteiger partial charge in [-0.15, -0.1) is 8.96 Å². The average Bonchev–Trinajstić information content (AvgIpc) is 1.98. The molecule has 8 heteroatoms. The van der Waals surface area contributed by atoms with E-state index in [0.29, 0.717) is 0 Å². The first-order valence-electron chi connectivity index (χ1n) is 3.51. The largest absolute Gasteiger partial charge is 0.348 e. The molecule has 13 heavy (non-hydrogen) atoms. The van der Waals surface area contributed by atoms with Crippen LogP contribution in [0.3, 0.4) is 0 Å². The number of rotatable bonds is 5. The van der Waals surface area contributed by atoms with Crippen LogP contribution in [0.2, 0.25) is 0 Å². The van der Waals surface area contributed by atoms with Gasteiger partial charge in [-0.2, -0.15) is 0 Å². The highest BCUT2D eigenvalue weighted by Gasteiger charge is 2.47. The van der Waals surface area contributed by atoms with Crippen molar-refractivity contribution in [2.75, 3.05) is 0 Å². The second-order valence-electron chi connectivity index (χ2n) is 2.48. The van der Waals surface area contributed by atoms with E-state index in [-0.39, 0.29) is 6.42 Å². The molecule has 0 amide bonds. The van der Waals surface area contributed by atoms with E-state index in [9.17, 15) is 17.9 Å². The fourth-order valence-electron chi connectivity index (χ4n) is 0.808. The second kappa shape index (κ2) is 4.70. The van der Waals surface area contributed by atoms with E-state index >= 15 is 0 Å². The van der Waals surface area contributed by atoms with Crippen LogP contribution < -0.4 is 0 Å². The van der Waals surface area contributed by atoms with E-state index in [1.807, 2.05) is 0 Å². The highest BCUT2D eigenvalue weighted by atomic mass is 19.4. The smallest absolute Gasteiger partial charge is 0.304 e. The quantitative estimate of drug-likeness (QED) is 0.399. The molecule has 0 aliphatic heterocycles. The van der Waals surface area contributed by atoms with Crippen LogP contribution in [-0.4, -0.2) is 32.9 Å². The molecule has 0 saturated carbocycles. The lowest BCUT2D eigenvalue weighted by Crippen LogP contribution is -2.54. The molecule has 4 nitrogen and oxygen atoms in total. The van der Waals surface area contributed by atoms with E-state index in [1.165, 1.54) is 6.92 Å². The molecule has 0 aliphatic rings. The van der Waals surface area contributed by atoms with E-state index in [2.05, 4.69) is 0 Å². The van der Waals surface area contributed by atoms with Crippen molar-refractivity contribution in [2.45, 2.75) is 31.7 Å². The standard InChI is InChI=1S/C5H10F4N2O2/c1-2-3-4(10(6)7)5(12,13)11(8)9/h4,12-13H,2-3H2,1H3. The molecule has 1 unspecified atom stereocenters. The number of hydrogen-bond donors (Lipinski definition) is 2. The molecule has 0 heterocycles. The zero-order valence-electron chi connectivity index (χ0n) is 6.79. The summed E-state index contributed by atoms with van der Waals surface area (Å²) in [5.74, 6) is -3.83. The van der Waals surface area contributed by atoms with Crippen LogP contribution in [0, 0.1) is 0 Å². The van der Waals surface area contributed by atoms with Crippen molar-refractivity contribution in [3.8, 4) is 0 Å². The molecule has 1 atom stereocenters. The van der Waals surface area contributed by atoms with Gasteiger partial charge in [-0.1, -0.05) is 22.3 Å². The molecule has 0 saturated heterocycles. The van der Waals surface area contributed by atoms with Crippen molar-refractivity contribution in [3.63, 3.8) is 0 Å². The number of halogens is 4. The summed E-state index contributed by atoms with van der Waals surface area (Å²) in [6, 6.07) is -2.34. The molecule has 0 spiro atoms. The predicted octanol–water partition coefficient (Wildman–Crippen LogP) is 0.935. The Morgan fingerprint density at radius 3 is 1.92 bits per heavy atom. The van der Waals surface area contributed by atoms with Crippen molar-refractivity contribution in [1.29, 1.82) is 0 Å². The molecule has 0 radical (unpaired) electrons. The second-order valence-corrected chi connectivity index (χ2v) is 2.48. The monoisotopic (exact) mass is 206 g/mol. The third-order valence-electron chi connectivity index (χ3n) is 1.49. The van der Waals surface area contributed by atoms with Gasteiger partial charge in [0.1, 0.15) is 6.04 Å². The third kappa shape index (κ3) is 3.07. The van der Waals surface area contributed by atoms with E-state index in [4.69, 9.17) is 10.2 Å². The van der Waals surface area contributed by atoms with Gasteiger partial charge in [0.2, 0.25) is 0 Å². The Balaban J connectivity index is 4.51. The Kier molecular flexibility index (Phi) is 4.54. The first-order chi connectivity index (χ1) is 5.84. The first kappa shape index (κ1) is 12.6. The van der Waals surface area contributed by atoms with Crippen molar-refractivity contribution in [1.82, 2.24) is 10.7 Å². The Hall–Kier alpha value is -0.440. The lowest BCUT2D eigenvalue weighted by Gasteiger charge is -2.29. The minimum atomic E-state index is -3.83. The third-order valence-corrected chi connectivity index (χ3v) is 1.49. The van der Waals surface area contributed by atoms with Gasteiger partial charge in [0.05, 0.1) is 5.34 Å². The minimum absolute atomic E-state index is 0.117. The maximum atomic E-state index is 11.9. The number of hydrogen-bond acceptors (Lipinski definition) is 4. The molecule has 0 aliphatic carbocycles. The maximum Gasteiger partial charge on any atom is 0.304 e.